The molecule has 3 heterocycles. The van der Waals surface area contributed by atoms with Crippen molar-refractivity contribution in [1.82, 2.24) is 15.2 Å². The van der Waals surface area contributed by atoms with Gasteiger partial charge in [-0.15, -0.1) is 0 Å². The van der Waals surface area contributed by atoms with Gasteiger partial charge in [0.2, 0.25) is 0 Å². The molecule has 1 aromatic carbocycles. The molecule has 0 aliphatic rings. The molecule has 3 aromatic heterocycles. The smallest absolute Gasteiger partial charge is 0.156 e. The van der Waals surface area contributed by atoms with E-state index in [2.05, 4.69) is 26.6 Å². The minimum Gasteiger partial charge on any atom is -0.454 e. The van der Waals surface area contributed by atoms with E-state index in [1.54, 1.807) is 12.4 Å². The number of hydrogen-bond acceptors (Lipinski definition) is 4. The third-order valence-corrected chi connectivity index (χ3v) is 3.40. The number of aromatic amines is 1. The lowest BCUT2D eigenvalue weighted by Crippen LogP contribution is -1.86. The second kappa shape index (κ2) is 4.09. The Balaban J connectivity index is 1.96. The molecule has 0 radical (unpaired) electrons. The molecular weight excluding hydrogens is 252 g/mol. The summed E-state index contributed by atoms with van der Waals surface area (Å²) in [6, 6.07) is 9.88. The van der Waals surface area contributed by atoms with Gasteiger partial charge >= 0.3 is 0 Å². The summed E-state index contributed by atoms with van der Waals surface area (Å²) in [5.74, 6) is 0.743. The Bertz CT molecular complexity index is 873. The van der Waals surface area contributed by atoms with Crippen molar-refractivity contribution in [1.29, 1.82) is 0 Å². The number of furan rings is 1. The van der Waals surface area contributed by atoms with E-state index in [-0.39, 0.29) is 0 Å². The number of fused-ring (bicyclic) bond motifs is 2. The highest BCUT2D eigenvalue weighted by molar-refractivity contribution is 5.95. The third-order valence-electron chi connectivity index (χ3n) is 3.40. The van der Waals surface area contributed by atoms with Crippen LogP contribution in [-0.2, 0) is 0 Å². The molecule has 0 bridgehead atoms. The minimum absolute atomic E-state index is 0.743. The highest BCUT2D eigenvalue weighted by atomic mass is 16.3. The van der Waals surface area contributed by atoms with Crippen LogP contribution in [0.5, 0.6) is 0 Å². The zero-order chi connectivity index (χ0) is 13.5. The lowest BCUT2D eigenvalue weighted by molar-refractivity contribution is 0.628. The van der Waals surface area contributed by atoms with E-state index in [1.165, 1.54) is 0 Å². The van der Waals surface area contributed by atoms with Crippen molar-refractivity contribution in [2.75, 3.05) is 12.4 Å². The molecule has 0 aliphatic heterocycles. The highest BCUT2D eigenvalue weighted by Gasteiger charge is 2.13. The summed E-state index contributed by atoms with van der Waals surface area (Å²) >= 11 is 0. The molecule has 20 heavy (non-hydrogen) atoms. The molecule has 0 unspecified atom stereocenters. The first-order chi connectivity index (χ1) is 9.85. The van der Waals surface area contributed by atoms with Gasteiger partial charge in [-0.05, 0) is 30.3 Å². The molecule has 98 valence electrons. The maximum absolute atomic E-state index is 5.85. The molecule has 0 aliphatic carbocycles. The van der Waals surface area contributed by atoms with Crippen molar-refractivity contribution >= 4 is 27.6 Å². The first-order valence-corrected chi connectivity index (χ1v) is 6.35. The van der Waals surface area contributed by atoms with Crippen molar-refractivity contribution in [2.45, 2.75) is 0 Å². The summed E-state index contributed by atoms with van der Waals surface area (Å²) < 4.78 is 5.85. The molecule has 4 aromatic rings. The Morgan fingerprint density at radius 3 is 3.00 bits per heavy atom. The van der Waals surface area contributed by atoms with Crippen LogP contribution in [0.3, 0.4) is 0 Å². The van der Waals surface area contributed by atoms with Crippen molar-refractivity contribution in [3.8, 4) is 11.5 Å². The standard InChI is InChI=1S/C15H12N4O/c1-16-10-2-3-12-11(7-10)15(19-18-12)14-6-9-8-17-5-4-13(9)20-14/h2-8,16H,1H3,(H,18,19). The van der Waals surface area contributed by atoms with E-state index in [0.29, 0.717) is 0 Å². The predicted octanol–water partition coefficient (Wildman–Crippen LogP) is 3.41. The summed E-state index contributed by atoms with van der Waals surface area (Å²) in [6.07, 6.45) is 3.51. The average molecular weight is 264 g/mol. The number of rotatable bonds is 2. The van der Waals surface area contributed by atoms with E-state index in [1.807, 2.05) is 31.3 Å². The van der Waals surface area contributed by atoms with Crippen LogP contribution in [0.2, 0.25) is 0 Å². The van der Waals surface area contributed by atoms with Gasteiger partial charge in [0.1, 0.15) is 11.3 Å². The number of anilines is 1. The lowest BCUT2D eigenvalue weighted by Gasteiger charge is -1.99. The Morgan fingerprint density at radius 1 is 1.20 bits per heavy atom. The van der Waals surface area contributed by atoms with Gasteiger partial charge in [-0.1, -0.05) is 0 Å². The lowest BCUT2D eigenvalue weighted by atomic mass is 10.1. The molecular formula is C15H12N4O. The molecule has 0 saturated heterocycles. The first kappa shape index (κ1) is 11.0. The number of H-pyrrole nitrogens is 1. The van der Waals surface area contributed by atoms with Crippen molar-refractivity contribution < 1.29 is 4.42 Å². The van der Waals surface area contributed by atoms with E-state index < -0.39 is 0 Å². The van der Waals surface area contributed by atoms with E-state index >= 15 is 0 Å². The summed E-state index contributed by atoms with van der Waals surface area (Å²) in [6.45, 7) is 0. The van der Waals surface area contributed by atoms with Crippen LogP contribution in [0, 0.1) is 0 Å². The van der Waals surface area contributed by atoms with Gasteiger partial charge in [0.25, 0.3) is 0 Å². The normalized spacial score (nSPS) is 11.2. The summed E-state index contributed by atoms with van der Waals surface area (Å²) in [7, 11) is 1.90. The molecule has 2 N–H and O–H groups in total. The van der Waals surface area contributed by atoms with Gasteiger partial charge in [-0.25, -0.2) is 0 Å². The monoisotopic (exact) mass is 264 g/mol. The van der Waals surface area contributed by atoms with Gasteiger partial charge in [-0.2, -0.15) is 5.10 Å². The number of hydrogen-bond donors (Lipinski definition) is 2. The SMILES string of the molecule is CNc1ccc2[nH]nc(-c3cc4cnccc4o3)c2c1. The van der Waals surface area contributed by atoms with Gasteiger partial charge in [0, 0.05) is 35.9 Å². The summed E-state index contributed by atoms with van der Waals surface area (Å²) in [5.41, 5.74) is 3.65. The Kier molecular flexibility index (Phi) is 2.26. The zero-order valence-electron chi connectivity index (χ0n) is 10.8. The molecule has 0 atom stereocenters. The number of aromatic nitrogens is 3. The minimum atomic E-state index is 0.743. The molecule has 5 nitrogen and oxygen atoms in total. The van der Waals surface area contributed by atoms with Gasteiger partial charge in [-0.3, -0.25) is 10.1 Å². The van der Waals surface area contributed by atoms with E-state index in [0.717, 1.165) is 39.0 Å². The zero-order valence-corrected chi connectivity index (χ0v) is 10.8. The maximum Gasteiger partial charge on any atom is 0.156 e. The second-order valence-electron chi connectivity index (χ2n) is 4.61. The number of nitrogens with one attached hydrogen (secondary N) is 2. The summed E-state index contributed by atoms with van der Waals surface area (Å²) in [5, 5.41) is 12.5. The molecule has 0 fully saturated rings. The van der Waals surface area contributed by atoms with E-state index in [4.69, 9.17) is 4.42 Å². The van der Waals surface area contributed by atoms with Gasteiger partial charge < -0.3 is 9.73 Å². The quantitative estimate of drug-likeness (QED) is 0.582. The first-order valence-electron chi connectivity index (χ1n) is 6.35. The second-order valence-corrected chi connectivity index (χ2v) is 4.61. The van der Waals surface area contributed by atoms with Gasteiger partial charge in [0.15, 0.2) is 5.76 Å². The van der Waals surface area contributed by atoms with Crippen LogP contribution in [-0.4, -0.2) is 22.2 Å². The van der Waals surface area contributed by atoms with Crippen LogP contribution in [0.25, 0.3) is 33.3 Å². The maximum atomic E-state index is 5.85. The van der Waals surface area contributed by atoms with Crippen LogP contribution in [0.1, 0.15) is 0 Å². The Labute approximate surface area is 114 Å². The molecule has 0 spiro atoms. The summed E-state index contributed by atoms with van der Waals surface area (Å²) in [4.78, 5) is 4.10. The molecule has 0 amide bonds. The van der Waals surface area contributed by atoms with Crippen molar-refractivity contribution in [3.05, 3.63) is 42.7 Å². The molecule has 5 heteroatoms. The number of benzene rings is 1. The fourth-order valence-electron chi connectivity index (χ4n) is 2.36. The Hall–Kier alpha value is -2.82. The molecule has 4 rings (SSSR count). The van der Waals surface area contributed by atoms with Crippen molar-refractivity contribution in [3.63, 3.8) is 0 Å². The van der Waals surface area contributed by atoms with Crippen molar-refractivity contribution in [2.24, 2.45) is 0 Å². The fourth-order valence-corrected chi connectivity index (χ4v) is 2.36. The average Bonchev–Trinajstić information content (AvgIpc) is 3.09. The van der Waals surface area contributed by atoms with Crippen LogP contribution in [0.15, 0.2) is 47.1 Å². The highest BCUT2D eigenvalue weighted by Crippen LogP contribution is 2.32. The Morgan fingerprint density at radius 2 is 2.15 bits per heavy atom. The van der Waals surface area contributed by atoms with Crippen LogP contribution < -0.4 is 5.32 Å². The fraction of sp³-hybridized carbons (Fsp3) is 0.0667. The largest absolute Gasteiger partial charge is 0.454 e. The third kappa shape index (κ3) is 1.56. The molecule has 0 saturated carbocycles. The van der Waals surface area contributed by atoms with Crippen LogP contribution >= 0.6 is 0 Å². The predicted molar refractivity (Wildman–Crippen MR) is 78.6 cm³/mol. The number of pyridine rings is 1. The van der Waals surface area contributed by atoms with Gasteiger partial charge in [0.05, 0.1) is 5.52 Å². The van der Waals surface area contributed by atoms with E-state index in [9.17, 15) is 0 Å². The van der Waals surface area contributed by atoms with Crippen LogP contribution in [0.4, 0.5) is 5.69 Å². The topological polar surface area (TPSA) is 66.7 Å². The number of nitrogens with zero attached hydrogens (tertiary/aromatic N) is 2.